The molecule has 10 heteroatoms. The lowest BCUT2D eigenvalue weighted by Crippen LogP contribution is -2.23. The van der Waals surface area contributed by atoms with Crippen molar-refractivity contribution < 1.29 is 17.6 Å². The maximum Gasteiger partial charge on any atom is 0.433 e. The lowest BCUT2D eigenvalue weighted by atomic mass is 10.0. The molecule has 0 spiro atoms. The molecular weight excluding hydrogens is 430 g/mol. The van der Waals surface area contributed by atoms with Crippen LogP contribution in [0.25, 0.3) is 21.3 Å². The molecule has 1 atom stereocenters. The molecule has 0 bridgehead atoms. The zero-order chi connectivity index (χ0) is 22.0. The molecule has 0 saturated heterocycles. The molecular formula is C21H17F4N5S. The predicted molar refractivity (Wildman–Crippen MR) is 110 cm³/mol. The summed E-state index contributed by atoms with van der Waals surface area (Å²) in [7, 11) is 0. The maximum atomic E-state index is 13.4. The van der Waals surface area contributed by atoms with Gasteiger partial charge in [0.15, 0.2) is 0 Å². The van der Waals surface area contributed by atoms with Crippen molar-refractivity contribution in [1.29, 1.82) is 0 Å². The van der Waals surface area contributed by atoms with E-state index in [0.29, 0.717) is 24.8 Å². The third kappa shape index (κ3) is 5.20. The minimum Gasteiger partial charge on any atom is -0.327 e. The number of halogens is 4. The van der Waals surface area contributed by atoms with E-state index >= 15 is 0 Å². The number of nitrogens with two attached hydrogens (primary N) is 1. The molecule has 0 amide bonds. The van der Waals surface area contributed by atoms with E-state index in [2.05, 4.69) is 20.2 Å². The fourth-order valence-electron chi connectivity index (χ4n) is 3.15. The Bertz CT molecular complexity index is 1190. The first-order chi connectivity index (χ1) is 14.8. The topological polar surface area (TPSA) is 77.6 Å². The SMILES string of the molecule is NC(CCc1nnc(-c2ccc3cnc(F)cc3c2)s1)Cc1ccc(C(F)(F)F)nc1. The molecule has 0 fully saturated rings. The standard InChI is InChI=1S/C21H17F4N5S/c22-18-9-15-8-13(2-3-14(15)11-28-18)20-30-29-19(31-20)6-4-16(26)7-12-1-5-17(27-10-12)21(23,24)25/h1-3,5,8-11,16H,4,6-7,26H2. The molecule has 3 aromatic heterocycles. The van der Waals surface area contributed by atoms with Crippen molar-refractivity contribution in [3.63, 3.8) is 0 Å². The molecule has 5 nitrogen and oxygen atoms in total. The van der Waals surface area contributed by atoms with Crippen molar-refractivity contribution in [2.75, 3.05) is 0 Å². The third-order valence-electron chi connectivity index (χ3n) is 4.74. The fourth-order valence-corrected chi connectivity index (χ4v) is 4.00. The van der Waals surface area contributed by atoms with Crippen LogP contribution in [-0.2, 0) is 19.0 Å². The number of hydrogen-bond acceptors (Lipinski definition) is 6. The van der Waals surface area contributed by atoms with Crippen LogP contribution in [0.5, 0.6) is 0 Å². The van der Waals surface area contributed by atoms with Crippen molar-refractivity contribution in [3.8, 4) is 10.6 Å². The van der Waals surface area contributed by atoms with Crippen LogP contribution in [0, 0.1) is 5.95 Å². The van der Waals surface area contributed by atoms with Gasteiger partial charge >= 0.3 is 6.18 Å². The van der Waals surface area contributed by atoms with Crippen LogP contribution >= 0.6 is 11.3 Å². The van der Waals surface area contributed by atoms with E-state index in [1.807, 2.05) is 18.2 Å². The van der Waals surface area contributed by atoms with Crippen molar-refractivity contribution in [2.24, 2.45) is 5.73 Å². The largest absolute Gasteiger partial charge is 0.433 e. The second kappa shape index (κ2) is 8.64. The molecule has 0 saturated carbocycles. The Morgan fingerprint density at radius 2 is 1.81 bits per heavy atom. The molecule has 4 aromatic rings. The molecule has 160 valence electrons. The second-order valence-electron chi connectivity index (χ2n) is 7.12. The predicted octanol–water partition coefficient (Wildman–Crippen LogP) is 4.81. The summed E-state index contributed by atoms with van der Waals surface area (Å²) < 4.78 is 51.2. The van der Waals surface area contributed by atoms with E-state index in [1.165, 1.54) is 35.9 Å². The molecule has 0 aliphatic carbocycles. The zero-order valence-electron chi connectivity index (χ0n) is 16.1. The number of fused-ring (bicyclic) bond motifs is 1. The van der Waals surface area contributed by atoms with Gasteiger partial charge in [-0.3, -0.25) is 4.98 Å². The molecule has 0 aliphatic rings. The number of nitrogens with zero attached hydrogens (tertiary/aromatic N) is 4. The number of aromatic nitrogens is 4. The van der Waals surface area contributed by atoms with Gasteiger partial charge in [0.2, 0.25) is 5.95 Å². The molecule has 1 unspecified atom stereocenters. The summed E-state index contributed by atoms with van der Waals surface area (Å²) in [6, 6.07) is 9.06. The highest BCUT2D eigenvalue weighted by Crippen LogP contribution is 2.29. The number of hydrogen-bond donors (Lipinski definition) is 1. The van der Waals surface area contributed by atoms with Gasteiger partial charge in [-0.1, -0.05) is 29.5 Å². The van der Waals surface area contributed by atoms with Crippen LogP contribution in [0.4, 0.5) is 17.6 Å². The quantitative estimate of drug-likeness (QED) is 0.339. The Morgan fingerprint density at radius 3 is 2.55 bits per heavy atom. The third-order valence-corrected chi connectivity index (χ3v) is 5.78. The van der Waals surface area contributed by atoms with Gasteiger partial charge in [-0.05, 0) is 35.9 Å². The fraction of sp³-hybridized carbons (Fsp3) is 0.238. The monoisotopic (exact) mass is 447 g/mol. The summed E-state index contributed by atoms with van der Waals surface area (Å²) in [4.78, 5) is 7.10. The minimum absolute atomic E-state index is 0.248. The van der Waals surface area contributed by atoms with Gasteiger partial charge in [0.05, 0.1) is 0 Å². The van der Waals surface area contributed by atoms with E-state index in [0.717, 1.165) is 32.4 Å². The van der Waals surface area contributed by atoms with Gasteiger partial charge in [-0.15, -0.1) is 10.2 Å². The van der Waals surface area contributed by atoms with Crippen molar-refractivity contribution >= 4 is 22.1 Å². The van der Waals surface area contributed by atoms with Gasteiger partial charge in [-0.2, -0.15) is 17.6 Å². The smallest absolute Gasteiger partial charge is 0.327 e. The zero-order valence-corrected chi connectivity index (χ0v) is 16.9. The number of rotatable bonds is 6. The summed E-state index contributed by atoms with van der Waals surface area (Å²) >= 11 is 1.43. The highest BCUT2D eigenvalue weighted by atomic mass is 32.1. The first-order valence-corrected chi connectivity index (χ1v) is 10.3. The summed E-state index contributed by atoms with van der Waals surface area (Å²) in [6.07, 6.45) is -0.145. The minimum atomic E-state index is -4.45. The Balaban J connectivity index is 1.37. The van der Waals surface area contributed by atoms with Crippen molar-refractivity contribution in [3.05, 3.63) is 71.0 Å². The van der Waals surface area contributed by atoms with Crippen molar-refractivity contribution in [2.45, 2.75) is 31.5 Å². The molecule has 0 radical (unpaired) electrons. The normalized spacial score (nSPS) is 12.9. The first kappa shape index (κ1) is 21.3. The van der Waals surface area contributed by atoms with E-state index in [1.54, 1.807) is 0 Å². The Morgan fingerprint density at radius 1 is 0.968 bits per heavy atom. The number of alkyl halides is 3. The molecule has 4 rings (SSSR count). The molecule has 3 heterocycles. The Labute approximate surface area is 179 Å². The summed E-state index contributed by atoms with van der Waals surface area (Å²) in [5.74, 6) is -0.542. The van der Waals surface area contributed by atoms with Crippen LogP contribution in [0.2, 0.25) is 0 Å². The average Bonchev–Trinajstić information content (AvgIpc) is 3.20. The number of pyridine rings is 2. The van der Waals surface area contributed by atoms with Crippen LogP contribution in [0.1, 0.15) is 22.7 Å². The lowest BCUT2D eigenvalue weighted by molar-refractivity contribution is -0.141. The maximum absolute atomic E-state index is 13.4. The highest BCUT2D eigenvalue weighted by molar-refractivity contribution is 7.14. The van der Waals surface area contributed by atoms with Gasteiger partial charge < -0.3 is 5.73 Å². The number of aryl methyl sites for hydroxylation is 1. The average molecular weight is 447 g/mol. The van der Waals surface area contributed by atoms with Gasteiger partial charge in [0, 0.05) is 41.9 Å². The van der Waals surface area contributed by atoms with Gasteiger partial charge in [0.25, 0.3) is 0 Å². The summed E-state index contributed by atoms with van der Waals surface area (Å²) in [6.45, 7) is 0. The summed E-state index contributed by atoms with van der Waals surface area (Å²) in [5.41, 5.74) is 6.70. The Kier molecular flexibility index (Phi) is 5.92. The van der Waals surface area contributed by atoms with Crippen LogP contribution in [0.3, 0.4) is 0 Å². The molecule has 1 aromatic carbocycles. The second-order valence-corrected chi connectivity index (χ2v) is 8.18. The highest BCUT2D eigenvalue weighted by Gasteiger charge is 2.32. The van der Waals surface area contributed by atoms with E-state index in [-0.39, 0.29) is 6.04 Å². The van der Waals surface area contributed by atoms with Crippen LogP contribution < -0.4 is 5.73 Å². The van der Waals surface area contributed by atoms with E-state index in [4.69, 9.17) is 5.73 Å². The van der Waals surface area contributed by atoms with Gasteiger partial charge in [-0.25, -0.2) is 4.98 Å². The Hall–Kier alpha value is -2.98. The molecule has 2 N–H and O–H groups in total. The number of benzene rings is 1. The molecule has 31 heavy (non-hydrogen) atoms. The lowest BCUT2D eigenvalue weighted by Gasteiger charge is -2.11. The summed E-state index contributed by atoms with van der Waals surface area (Å²) in [5, 5.41) is 11.5. The van der Waals surface area contributed by atoms with Crippen LogP contribution in [-0.4, -0.2) is 26.2 Å². The van der Waals surface area contributed by atoms with Gasteiger partial charge in [0.1, 0.15) is 15.7 Å². The first-order valence-electron chi connectivity index (χ1n) is 9.44. The van der Waals surface area contributed by atoms with E-state index < -0.39 is 17.8 Å². The van der Waals surface area contributed by atoms with E-state index in [9.17, 15) is 17.6 Å². The molecule has 0 aliphatic heterocycles. The van der Waals surface area contributed by atoms with Crippen LogP contribution in [0.15, 0.2) is 48.8 Å². The van der Waals surface area contributed by atoms with Crippen molar-refractivity contribution in [1.82, 2.24) is 20.2 Å².